The maximum atomic E-state index is 11.9. The minimum Gasteiger partial charge on any atom is -0.508 e. The van der Waals surface area contributed by atoms with Gasteiger partial charge < -0.3 is 5.11 Å². The van der Waals surface area contributed by atoms with Gasteiger partial charge in [0.25, 0.3) is 17.5 Å². The van der Waals surface area contributed by atoms with Crippen molar-refractivity contribution in [3.8, 4) is 5.75 Å². The van der Waals surface area contributed by atoms with Crippen molar-refractivity contribution in [1.82, 2.24) is 0 Å². The first-order valence-corrected chi connectivity index (χ1v) is 5.38. The van der Waals surface area contributed by atoms with E-state index in [-0.39, 0.29) is 22.6 Å². The number of hydrogen-bond acceptors (Lipinski definition) is 5. The summed E-state index contributed by atoms with van der Waals surface area (Å²) in [6.07, 6.45) is 0. The topological polar surface area (TPSA) is 101 Å². The number of phenols is 1. The lowest BCUT2D eigenvalue weighted by molar-refractivity contribution is -0.384. The Morgan fingerprint density at radius 3 is 2.16 bits per heavy atom. The van der Waals surface area contributed by atoms with Crippen LogP contribution in [0.2, 0.25) is 0 Å². The standard InChI is InChI=1S/C12H10N2O5/c1-6-7(2)12(17)13(11(6)16)9-4-3-8(15)5-10(9)14(18)19/h3-5,15H,1-2H3. The Morgan fingerprint density at radius 1 is 1.16 bits per heavy atom. The summed E-state index contributed by atoms with van der Waals surface area (Å²) in [6.45, 7) is 2.98. The molecule has 0 atom stereocenters. The van der Waals surface area contributed by atoms with Crippen LogP contribution in [0.1, 0.15) is 13.8 Å². The predicted molar refractivity (Wildman–Crippen MR) is 65.6 cm³/mol. The third kappa shape index (κ3) is 1.85. The van der Waals surface area contributed by atoms with Crippen molar-refractivity contribution >= 4 is 23.2 Å². The van der Waals surface area contributed by atoms with Gasteiger partial charge in [-0.1, -0.05) is 0 Å². The van der Waals surface area contributed by atoms with E-state index in [0.29, 0.717) is 0 Å². The number of carbonyl (C=O) groups excluding carboxylic acids is 2. The molecule has 0 aromatic heterocycles. The van der Waals surface area contributed by atoms with E-state index in [2.05, 4.69) is 0 Å². The molecule has 0 bridgehead atoms. The van der Waals surface area contributed by atoms with Gasteiger partial charge in [-0.15, -0.1) is 0 Å². The highest BCUT2D eigenvalue weighted by Crippen LogP contribution is 2.35. The fraction of sp³-hybridized carbons (Fsp3) is 0.167. The van der Waals surface area contributed by atoms with Crippen LogP contribution in [-0.4, -0.2) is 21.8 Å². The second kappa shape index (κ2) is 4.20. The maximum absolute atomic E-state index is 11.9. The van der Waals surface area contributed by atoms with E-state index in [4.69, 9.17) is 0 Å². The minimum absolute atomic E-state index is 0.144. The molecule has 1 aromatic carbocycles. The molecule has 7 nitrogen and oxygen atoms in total. The summed E-state index contributed by atoms with van der Waals surface area (Å²) in [6, 6.07) is 3.26. The molecule has 2 rings (SSSR count). The molecule has 2 amide bonds. The number of phenolic OH excluding ortho intramolecular Hbond substituents is 1. The number of nitrogens with zero attached hydrogens (tertiary/aromatic N) is 2. The number of rotatable bonds is 2. The van der Waals surface area contributed by atoms with E-state index >= 15 is 0 Å². The Bertz CT molecular complexity index is 624. The first kappa shape index (κ1) is 12.7. The van der Waals surface area contributed by atoms with Crippen molar-refractivity contribution in [3.63, 3.8) is 0 Å². The number of nitro benzene ring substituents is 1. The van der Waals surface area contributed by atoms with Crippen LogP contribution >= 0.6 is 0 Å². The van der Waals surface area contributed by atoms with Crippen molar-refractivity contribution in [1.29, 1.82) is 0 Å². The second-order valence-electron chi connectivity index (χ2n) is 4.13. The summed E-state index contributed by atoms with van der Waals surface area (Å²) in [5, 5.41) is 20.2. The van der Waals surface area contributed by atoms with Crippen LogP contribution in [0.25, 0.3) is 0 Å². The first-order chi connectivity index (χ1) is 8.84. The lowest BCUT2D eigenvalue weighted by Gasteiger charge is -2.14. The van der Waals surface area contributed by atoms with Crippen LogP contribution in [0.4, 0.5) is 11.4 Å². The third-order valence-corrected chi connectivity index (χ3v) is 3.01. The second-order valence-corrected chi connectivity index (χ2v) is 4.13. The van der Waals surface area contributed by atoms with Crippen LogP contribution in [0.3, 0.4) is 0 Å². The molecular weight excluding hydrogens is 252 g/mol. The Kier molecular flexibility index (Phi) is 2.82. The zero-order valence-corrected chi connectivity index (χ0v) is 10.2. The van der Waals surface area contributed by atoms with Gasteiger partial charge in [-0.25, -0.2) is 4.90 Å². The molecule has 1 aliphatic heterocycles. The molecule has 0 radical (unpaired) electrons. The summed E-state index contributed by atoms with van der Waals surface area (Å²) in [4.78, 5) is 34.8. The first-order valence-electron chi connectivity index (χ1n) is 5.38. The minimum atomic E-state index is -0.751. The summed E-state index contributed by atoms with van der Waals surface area (Å²) in [5.74, 6) is -1.48. The van der Waals surface area contributed by atoms with E-state index in [9.17, 15) is 24.8 Å². The summed E-state index contributed by atoms with van der Waals surface area (Å²) in [7, 11) is 0. The van der Waals surface area contributed by atoms with Crippen LogP contribution in [0.15, 0.2) is 29.3 Å². The van der Waals surface area contributed by atoms with Gasteiger partial charge in [0.1, 0.15) is 11.4 Å². The SMILES string of the molecule is CC1=C(C)C(=O)N(c2ccc(O)cc2[N+](=O)[O-])C1=O. The van der Waals surface area contributed by atoms with Crippen LogP contribution in [0.5, 0.6) is 5.75 Å². The molecule has 1 N–H and O–H groups in total. The molecule has 1 aromatic rings. The number of aromatic hydroxyl groups is 1. The highest BCUT2D eigenvalue weighted by atomic mass is 16.6. The highest BCUT2D eigenvalue weighted by Gasteiger charge is 2.38. The number of amides is 2. The third-order valence-electron chi connectivity index (χ3n) is 3.01. The van der Waals surface area contributed by atoms with Gasteiger partial charge in [0, 0.05) is 11.1 Å². The van der Waals surface area contributed by atoms with Gasteiger partial charge in [-0.3, -0.25) is 19.7 Å². The van der Waals surface area contributed by atoms with Gasteiger partial charge in [-0.05, 0) is 26.0 Å². The van der Waals surface area contributed by atoms with E-state index in [0.717, 1.165) is 11.0 Å². The number of hydrogen-bond donors (Lipinski definition) is 1. The molecule has 0 fully saturated rings. The predicted octanol–water partition coefficient (Wildman–Crippen LogP) is 1.51. The lowest BCUT2D eigenvalue weighted by atomic mass is 10.2. The van der Waals surface area contributed by atoms with Gasteiger partial charge >= 0.3 is 0 Å². The van der Waals surface area contributed by atoms with Gasteiger partial charge in [-0.2, -0.15) is 0 Å². The smallest absolute Gasteiger partial charge is 0.297 e. The Balaban J connectivity index is 2.59. The van der Waals surface area contributed by atoms with Crippen LogP contribution < -0.4 is 4.90 Å². The molecule has 0 spiro atoms. The van der Waals surface area contributed by atoms with Crippen LogP contribution in [-0.2, 0) is 9.59 Å². The largest absolute Gasteiger partial charge is 0.508 e. The van der Waals surface area contributed by atoms with Gasteiger partial charge in [0.15, 0.2) is 0 Å². The highest BCUT2D eigenvalue weighted by molar-refractivity contribution is 6.33. The molecule has 1 heterocycles. The average molecular weight is 262 g/mol. The number of anilines is 1. The van der Waals surface area contributed by atoms with Crippen molar-refractivity contribution in [2.75, 3.05) is 4.90 Å². The molecule has 0 aliphatic carbocycles. The van der Waals surface area contributed by atoms with Crippen LogP contribution in [0, 0.1) is 10.1 Å². The summed E-state index contributed by atoms with van der Waals surface area (Å²) < 4.78 is 0. The molecule has 1 aliphatic rings. The summed E-state index contributed by atoms with van der Waals surface area (Å²) >= 11 is 0. The van der Waals surface area contributed by atoms with E-state index in [1.54, 1.807) is 0 Å². The zero-order valence-electron chi connectivity index (χ0n) is 10.2. The fourth-order valence-corrected chi connectivity index (χ4v) is 1.81. The van der Waals surface area contributed by atoms with Crippen molar-refractivity contribution in [2.45, 2.75) is 13.8 Å². The number of carbonyl (C=O) groups is 2. The van der Waals surface area contributed by atoms with E-state index in [1.165, 1.54) is 26.0 Å². The molecule has 19 heavy (non-hydrogen) atoms. The molecular formula is C12H10N2O5. The van der Waals surface area contributed by atoms with Gasteiger partial charge in [0.05, 0.1) is 11.0 Å². The van der Waals surface area contributed by atoms with Gasteiger partial charge in [0.2, 0.25) is 0 Å². The normalized spacial score (nSPS) is 15.4. The molecule has 0 unspecified atom stereocenters. The fourth-order valence-electron chi connectivity index (χ4n) is 1.81. The van der Waals surface area contributed by atoms with Crippen molar-refractivity contribution < 1.29 is 19.6 Å². The number of imide groups is 1. The molecule has 0 saturated heterocycles. The Morgan fingerprint density at radius 2 is 1.68 bits per heavy atom. The summed E-state index contributed by atoms with van der Waals surface area (Å²) in [5.41, 5.74) is -0.127. The quantitative estimate of drug-likeness (QED) is 0.494. The zero-order chi connectivity index (χ0) is 14.3. The number of nitro groups is 1. The number of benzene rings is 1. The Labute approximate surface area is 107 Å². The Hall–Kier alpha value is -2.70. The molecule has 98 valence electrons. The lowest BCUT2D eigenvalue weighted by Crippen LogP contribution is -2.31. The molecule has 7 heteroatoms. The van der Waals surface area contributed by atoms with E-state index < -0.39 is 22.4 Å². The van der Waals surface area contributed by atoms with E-state index in [1.807, 2.05) is 0 Å². The average Bonchev–Trinajstić information content (AvgIpc) is 2.54. The van der Waals surface area contributed by atoms with Crippen molar-refractivity contribution in [2.24, 2.45) is 0 Å². The molecule has 0 saturated carbocycles. The van der Waals surface area contributed by atoms with Crippen molar-refractivity contribution in [3.05, 3.63) is 39.5 Å². The monoisotopic (exact) mass is 262 g/mol. The maximum Gasteiger partial charge on any atom is 0.297 e.